The molecule has 0 atom stereocenters. The molecule has 0 saturated carbocycles. The Morgan fingerprint density at radius 3 is 2.69 bits per heavy atom. The molecule has 26 heavy (non-hydrogen) atoms. The number of carbonyl (C=O) groups is 1. The molecule has 1 fully saturated rings. The topological polar surface area (TPSA) is 29.5 Å². The van der Waals surface area contributed by atoms with Crippen LogP contribution in [0.1, 0.15) is 5.56 Å². The zero-order chi connectivity index (χ0) is 18.7. The summed E-state index contributed by atoms with van der Waals surface area (Å²) in [5, 5.41) is 1.09. The molecule has 3 nitrogen and oxygen atoms in total. The minimum atomic E-state index is -0.211. The van der Waals surface area contributed by atoms with Crippen LogP contribution in [-0.4, -0.2) is 16.8 Å². The molecule has 0 aliphatic carbocycles. The summed E-state index contributed by atoms with van der Waals surface area (Å²) in [6.07, 6.45) is 3.38. The number of thiocarbonyl (C=S) groups is 1. The molecule has 1 amide bonds. The molecule has 132 valence electrons. The molecule has 1 saturated heterocycles. The molecule has 0 bridgehead atoms. The molecule has 2 aromatic rings. The monoisotopic (exact) mass is 421 g/mol. The number of hydrogen-bond acceptors (Lipinski definition) is 4. The van der Waals surface area contributed by atoms with Gasteiger partial charge in [-0.1, -0.05) is 65.9 Å². The van der Waals surface area contributed by atoms with Gasteiger partial charge >= 0.3 is 0 Å². The standard InChI is InChI=1S/C19H13Cl2NO2S2/c1-2-8-24-16-7-6-14(21)9-12(16)10-17-18(23)22(19(25)26-17)15-5-3-4-13(20)11-15/h2-7,9-11H,1,8H2/b17-10-. The van der Waals surface area contributed by atoms with Crippen LogP contribution < -0.4 is 9.64 Å². The highest BCUT2D eigenvalue weighted by atomic mass is 35.5. The van der Waals surface area contributed by atoms with E-state index in [0.717, 1.165) is 0 Å². The van der Waals surface area contributed by atoms with Gasteiger partial charge in [-0.15, -0.1) is 0 Å². The van der Waals surface area contributed by atoms with Crippen molar-refractivity contribution in [2.75, 3.05) is 11.5 Å². The number of nitrogens with zero attached hydrogens (tertiary/aromatic N) is 1. The average Bonchev–Trinajstić information content (AvgIpc) is 2.88. The Kier molecular flexibility index (Phi) is 6.04. The van der Waals surface area contributed by atoms with Crippen molar-refractivity contribution in [3.8, 4) is 5.75 Å². The van der Waals surface area contributed by atoms with Crippen LogP contribution in [0, 0.1) is 0 Å². The summed E-state index contributed by atoms with van der Waals surface area (Å²) in [5.74, 6) is 0.402. The van der Waals surface area contributed by atoms with E-state index in [1.54, 1.807) is 54.6 Å². The lowest BCUT2D eigenvalue weighted by Crippen LogP contribution is -2.27. The van der Waals surface area contributed by atoms with Crippen LogP contribution in [0.5, 0.6) is 5.75 Å². The van der Waals surface area contributed by atoms with Gasteiger partial charge < -0.3 is 4.74 Å². The third-order valence-electron chi connectivity index (χ3n) is 3.48. The Morgan fingerprint density at radius 1 is 1.19 bits per heavy atom. The quantitative estimate of drug-likeness (QED) is 0.338. The molecule has 0 unspecified atom stereocenters. The molecule has 7 heteroatoms. The van der Waals surface area contributed by atoms with Crippen LogP contribution in [0.3, 0.4) is 0 Å². The largest absolute Gasteiger partial charge is 0.489 e. The highest BCUT2D eigenvalue weighted by Crippen LogP contribution is 2.38. The smallest absolute Gasteiger partial charge is 0.270 e. The lowest BCUT2D eigenvalue weighted by Gasteiger charge is -2.14. The van der Waals surface area contributed by atoms with Crippen LogP contribution >= 0.6 is 47.2 Å². The van der Waals surface area contributed by atoms with Crippen LogP contribution in [0.15, 0.2) is 60.0 Å². The number of benzene rings is 2. The maximum atomic E-state index is 12.9. The number of amides is 1. The summed E-state index contributed by atoms with van der Waals surface area (Å²) in [4.78, 5) is 14.8. The second-order valence-electron chi connectivity index (χ2n) is 5.28. The van der Waals surface area contributed by atoms with E-state index in [9.17, 15) is 4.79 Å². The first kappa shape index (κ1) is 19.0. The van der Waals surface area contributed by atoms with Crippen LogP contribution in [-0.2, 0) is 4.79 Å². The number of carbonyl (C=O) groups excluding carboxylic acids is 1. The van der Waals surface area contributed by atoms with E-state index < -0.39 is 0 Å². The maximum absolute atomic E-state index is 12.9. The van der Waals surface area contributed by atoms with Crippen molar-refractivity contribution in [1.29, 1.82) is 0 Å². The van der Waals surface area contributed by atoms with Gasteiger partial charge in [0.2, 0.25) is 0 Å². The lowest BCUT2D eigenvalue weighted by atomic mass is 10.1. The van der Waals surface area contributed by atoms with Crippen molar-refractivity contribution in [2.24, 2.45) is 0 Å². The Labute approximate surface area is 171 Å². The summed E-state index contributed by atoms with van der Waals surface area (Å²) in [6, 6.07) is 12.2. The van der Waals surface area contributed by atoms with Gasteiger partial charge in [0.25, 0.3) is 5.91 Å². The van der Waals surface area contributed by atoms with Crippen molar-refractivity contribution >= 4 is 69.2 Å². The highest BCUT2D eigenvalue weighted by Gasteiger charge is 2.33. The average molecular weight is 422 g/mol. The number of hydrogen-bond donors (Lipinski definition) is 0. The van der Waals surface area contributed by atoms with E-state index >= 15 is 0 Å². The summed E-state index contributed by atoms with van der Waals surface area (Å²) >= 11 is 18.7. The van der Waals surface area contributed by atoms with Gasteiger partial charge in [-0.3, -0.25) is 9.69 Å². The van der Waals surface area contributed by atoms with E-state index in [0.29, 0.717) is 42.9 Å². The summed E-state index contributed by atoms with van der Waals surface area (Å²) in [5.41, 5.74) is 1.34. The third kappa shape index (κ3) is 4.13. The van der Waals surface area contributed by atoms with Gasteiger partial charge in [0.05, 0.1) is 10.6 Å². The fraction of sp³-hybridized carbons (Fsp3) is 0.0526. The van der Waals surface area contributed by atoms with E-state index in [2.05, 4.69) is 6.58 Å². The number of thioether (sulfide) groups is 1. The summed E-state index contributed by atoms with van der Waals surface area (Å²) in [7, 11) is 0. The second-order valence-corrected chi connectivity index (χ2v) is 7.83. The van der Waals surface area contributed by atoms with Crippen molar-refractivity contribution in [3.05, 3.63) is 75.6 Å². The first-order valence-corrected chi connectivity index (χ1v) is 9.54. The normalized spacial score (nSPS) is 15.6. The van der Waals surface area contributed by atoms with E-state index in [-0.39, 0.29) is 5.91 Å². The van der Waals surface area contributed by atoms with Crippen LogP contribution in [0.25, 0.3) is 6.08 Å². The van der Waals surface area contributed by atoms with Gasteiger partial charge in [0, 0.05) is 15.6 Å². The van der Waals surface area contributed by atoms with E-state index in [4.69, 9.17) is 40.2 Å². The van der Waals surface area contributed by atoms with Crippen LogP contribution in [0.4, 0.5) is 5.69 Å². The van der Waals surface area contributed by atoms with Gasteiger partial charge in [-0.05, 0) is 42.5 Å². The molecule has 0 N–H and O–H groups in total. The van der Waals surface area contributed by atoms with Gasteiger partial charge in [-0.2, -0.15) is 0 Å². The Balaban J connectivity index is 1.96. The maximum Gasteiger partial charge on any atom is 0.270 e. The van der Waals surface area contributed by atoms with Crippen LogP contribution in [0.2, 0.25) is 10.0 Å². The predicted octanol–water partition coefficient (Wildman–Crippen LogP) is 5.96. The zero-order valence-electron chi connectivity index (χ0n) is 13.4. The molecule has 0 spiro atoms. The molecular formula is C19H13Cl2NO2S2. The molecule has 1 heterocycles. The van der Waals surface area contributed by atoms with Crippen molar-refractivity contribution < 1.29 is 9.53 Å². The van der Waals surface area contributed by atoms with Crippen molar-refractivity contribution in [1.82, 2.24) is 0 Å². The highest BCUT2D eigenvalue weighted by molar-refractivity contribution is 8.27. The molecule has 1 aliphatic heterocycles. The fourth-order valence-electron chi connectivity index (χ4n) is 2.36. The van der Waals surface area contributed by atoms with Gasteiger partial charge in [-0.25, -0.2) is 0 Å². The Hall–Kier alpha value is -1.79. The second kappa shape index (κ2) is 8.27. The lowest BCUT2D eigenvalue weighted by molar-refractivity contribution is -0.113. The number of anilines is 1. The molecule has 2 aromatic carbocycles. The number of ether oxygens (including phenoxy) is 1. The van der Waals surface area contributed by atoms with Gasteiger partial charge in [0.1, 0.15) is 12.4 Å². The number of rotatable bonds is 5. The molecule has 0 radical (unpaired) electrons. The molecule has 0 aromatic heterocycles. The Bertz CT molecular complexity index is 928. The first-order valence-electron chi connectivity index (χ1n) is 7.56. The van der Waals surface area contributed by atoms with Crippen molar-refractivity contribution in [3.63, 3.8) is 0 Å². The Morgan fingerprint density at radius 2 is 1.96 bits per heavy atom. The van der Waals surface area contributed by atoms with Gasteiger partial charge in [0.15, 0.2) is 4.32 Å². The SMILES string of the molecule is C=CCOc1ccc(Cl)cc1/C=C1\SC(=S)N(c2cccc(Cl)c2)C1=O. The zero-order valence-corrected chi connectivity index (χ0v) is 16.6. The summed E-state index contributed by atoms with van der Waals surface area (Å²) in [6.45, 7) is 3.99. The minimum absolute atomic E-state index is 0.211. The fourth-order valence-corrected chi connectivity index (χ4v) is 4.01. The number of halogens is 2. The molecule has 1 aliphatic rings. The third-order valence-corrected chi connectivity index (χ3v) is 5.25. The van der Waals surface area contributed by atoms with E-state index in [1.807, 2.05) is 0 Å². The van der Waals surface area contributed by atoms with Crippen molar-refractivity contribution in [2.45, 2.75) is 0 Å². The summed E-state index contributed by atoms with van der Waals surface area (Å²) < 4.78 is 6.08. The predicted molar refractivity (Wildman–Crippen MR) is 114 cm³/mol. The first-order chi connectivity index (χ1) is 12.5. The molecular weight excluding hydrogens is 409 g/mol. The van der Waals surface area contributed by atoms with E-state index in [1.165, 1.54) is 16.7 Å². The minimum Gasteiger partial charge on any atom is -0.489 e. The molecule has 3 rings (SSSR count).